The Bertz CT molecular complexity index is 601. The fourth-order valence-electron chi connectivity index (χ4n) is 1.57. The molecule has 1 heterocycles. The predicted molar refractivity (Wildman–Crippen MR) is 68.1 cm³/mol. The minimum absolute atomic E-state index is 0.00304. The molecule has 2 rings (SSSR count). The van der Waals surface area contributed by atoms with Gasteiger partial charge in [0.05, 0.1) is 10.6 Å². The Morgan fingerprint density at radius 2 is 2.17 bits per heavy atom. The highest BCUT2D eigenvalue weighted by molar-refractivity contribution is 6.31. The van der Waals surface area contributed by atoms with E-state index in [2.05, 4.69) is 4.98 Å². The lowest BCUT2D eigenvalue weighted by Gasteiger charge is -2.05. The van der Waals surface area contributed by atoms with Gasteiger partial charge in [0.1, 0.15) is 0 Å². The quantitative estimate of drug-likeness (QED) is 0.868. The van der Waals surface area contributed by atoms with Crippen LogP contribution in [0.2, 0.25) is 5.02 Å². The van der Waals surface area contributed by atoms with E-state index < -0.39 is 5.82 Å². The Balaban J connectivity index is 2.28. The highest BCUT2D eigenvalue weighted by Gasteiger charge is 2.15. The molecule has 3 nitrogen and oxygen atoms in total. The lowest BCUT2D eigenvalue weighted by molar-refractivity contribution is 0.0989. The van der Waals surface area contributed by atoms with E-state index >= 15 is 0 Å². The molecule has 0 atom stereocenters. The molecular formula is C13H10ClFN2O. The molecule has 0 amide bonds. The number of nitrogens with zero attached hydrogens (tertiary/aromatic N) is 1. The molecule has 0 spiro atoms. The number of hydrogen-bond acceptors (Lipinski definition) is 3. The third-order valence-corrected chi connectivity index (χ3v) is 2.84. The maximum Gasteiger partial charge on any atom is 0.170 e. The van der Waals surface area contributed by atoms with E-state index in [9.17, 15) is 9.18 Å². The molecular weight excluding hydrogens is 255 g/mol. The average Bonchev–Trinajstić information content (AvgIpc) is 2.35. The van der Waals surface area contributed by atoms with Crippen LogP contribution in [0, 0.1) is 5.82 Å². The number of hydrogen-bond donors (Lipinski definition) is 1. The van der Waals surface area contributed by atoms with Crippen LogP contribution >= 0.6 is 11.6 Å². The minimum atomic E-state index is -0.702. The lowest BCUT2D eigenvalue weighted by Crippen LogP contribution is -2.08. The third kappa shape index (κ3) is 2.49. The largest absolute Gasteiger partial charge is 0.398 e. The van der Waals surface area contributed by atoms with Crippen molar-refractivity contribution in [2.24, 2.45) is 0 Å². The van der Waals surface area contributed by atoms with Crippen LogP contribution in [0.1, 0.15) is 15.9 Å². The van der Waals surface area contributed by atoms with Gasteiger partial charge in [0, 0.05) is 30.1 Å². The van der Waals surface area contributed by atoms with E-state index in [0.29, 0.717) is 11.3 Å². The van der Waals surface area contributed by atoms with Crippen LogP contribution < -0.4 is 5.73 Å². The molecule has 0 saturated carbocycles. The standard InChI is InChI=1S/C13H10ClFN2O/c14-10-3-1-2-9(13(10)15)12(18)6-8-7-17-5-4-11(8)16/h1-5,7H,6H2,(H2,16,17). The third-order valence-electron chi connectivity index (χ3n) is 2.54. The Morgan fingerprint density at radius 1 is 1.39 bits per heavy atom. The molecule has 92 valence electrons. The molecule has 0 fully saturated rings. The van der Waals surface area contributed by atoms with Crippen molar-refractivity contribution < 1.29 is 9.18 Å². The van der Waals surface area contributed by atoms with Crippen molar-refractivity contribution in [2.45, 2.75) is 6.42 Å². The van der Waals surface area contributed by atoms with Crippen LogP contribution in [-0.4, -0.2) is 10.8 Å². The molecule has 1 aromatic carbocycles. The van der Waals surface area contributed by atoms with Gasteiger partial charge in [0.25, 0.3) is 0 Å². The predicted octanol–water partition coefficient (Wildman–Crippen LogP) is 2.88. The number of pyridine rings is 1. The Labute approximate surface area is 108 Å². The number of nitrogen functional groups attached to an aromatic ring is 1. The SMILES string of the molecule is Nc1ccncc1CC(=O)c1cccc(Cl)c1F. The van der Waals surface area contributed by atoms with Crippen molar-refractivity contribution in [3.63, 3.8) is 0 Å². The molecule has 0 saturated heterocycles. The second kappa shape index (κ2) is 5.14. The van der Waals surface area contributed by atoms with E-state index in [4.69, 9.17) is 17.3 Å². The smallest absolute Gasteiger partial charge is 0.170 e. The van der Waals surface area contributed by atoms with Crippen molar-refractivity contribution in [1.82, 2.24) is 4.98 Å². The number of rotatable bonds is 3. The molecule has 0 aliphatic carbocycles. The van der Waals surface area contributed by atoms with Crippen molar-refractivity contribution in [2.75, 3.05) is 5.73 Å². The number of aromatic nitrogens is 1. The Kier molecular flexibility index (Phi) is 3.58. The van der Waals surface area contributed by atoms with E-state index in [1.54, 1.807) is 6.07 Å². The summed E-state index contributed by atoms with van der Waals surface area (Å²) in [6, 6.07) is 5.92. The van der Waals surface area contributed by atoms with E-state index in [1.807, 2.05) is 0 Å². The van der Waals surface area contributed by atoms with E-state index in [0.717, 1.165) is 0 Å². The number of benzene rings is 1. The normalized spacial score (nSPS) is 10.3. The number of ketones is 1. The summed E-state index contributed by atoms with van der Waals surface area (Å²) in [5.74, 6) is -1.08. The lowest BCUT2D eigenvalue weighted by atomic mass is 10.0. The molecule has 2 N–H and O–H groups in total. The number of halogens is 2. The maximum absolute atomic E-state index is 13.7. The Morgan fingerprint density at radius 3 is 2.89 bits per heavy atom. The van der Waals surface area contributed by atoms with Gasteiger partial charge >= 0.3 is 0 Å². The van der Waals surface area contributed by atoms with Crippen LogP contribution in [0.3, 0.4) is 0 Å². The molecule has 0 aliphatic rings. The van der Waals surface area contributed by atoms with Gasteiger partial charge in [-0.3, -0.25) is 9.78 Å². The fraction of sp³-hybridized carbons (Fsp3) is 0.0769. The first kappa shape index (κ1) is 12.5. The summed E-state index contributed by atoms with van der Waals surface area (Å²) in [6.45, 7) is 0. The fourth-order valence-corrected chi connectivity index (χ4v) is 1.75. The van der Waals surface area contributed by atoms with Gasteiger partial charge in [-0.15, -0.1) is 0 Å². The topological polar surface area (TPSA) is 56.0 Å². The van der Waals surface area contributed by atoms with E-state index in [1.165, 1.54) is 30.6 Å². The van der Waals surface area contributed by atoms with Gasteiger partial charge in [0.2, 0.25) is 0 Å². The summed E-state index contributed by atoms with van der Waals surface area (Å²) < 4.78 is 13.7. The summed E-state index contributed by atoms with van der Waals surface area (Å²) in [7, 11) is 0. The van der Waals surface area contributed by atoms with Crippen LogP contribution in [0.25, 0.3) is 0 Å². The van der Waals surface area contributed by atoms with E-state index in [-0.39, 0.29) is 22.8 Å². The van der Waals surface area contributed by atoms with Gasteiger partial charge < -0.3 is 5.73 Å². The van der Waals surface area contributed by atoms with Crippen molar-refractivity contribution in [3.8, 4) is 0 Å². The van der Waals surface area contributed by atoms with Gasteiger partial charge in [0.15, 0.2) is 11.6 Å². The maximum atomic E-state index is 13.7. The number of Topliss-reactive ketones (excluding diaryl/α,β-unsaturated/α-hetero) is 1. The van der Waals surface area contributed by atoms with Crippen LogP contribution in [0.5, 0.6) is 0 Å². The number of anilines is 1. The number of nitrogens with two attached hydrogens (primary N) is 1. The average molecular weight is 265 g/mol. The molecule has 1 aromatic heterocycles. The Hall–Kier alpha value is -1.94. The molecule has 5 heteroatoms. The van der Waals surface area contributed by atoms with Crippen molar-refractivity contribution in [3.05, 3.63) is 58.6 Å². The zero-order valence-corrected chi connectivity index (χ0v) is 10.1. The minimum Gasteiger partial charge on any atom is -0.398 e. The van der Waals surface area contributed by atoms with Crippen LogP contribution in [-0.2, 0) is 6.42 Å². The molecule has 2 aromatic rings. The molecule has 0 bridgehead atoms. The molecule has 0 radical (unpaired) electrons. The molecule has 18 heavy (non-hydrogen) atoms. The summed E-state index contributed by atoms with van der Waals surface area (Å²) in [5, 5.41) is -0.0694. The van der Waals surface area contributed by atoms with Crippen molar-refractivity contribution >= 4 is 23.1 Å². The highest BCUT2D eigenvalue weighted by Crippen LogP contribution is 2.20. The van der Waals surface area contributed by atoms with Gasteiger partial charge in [-0.25, -0.2) is 4.39 Å². The summed E-state index contributed by atoms with van der Waals surface area (Å²) in [4.78, 5) is 15.8. The second-order valence-corrected chi connectivity index (χ2v) is 4.18. The monoisotopic (exact) mass is 264 g/mol. The van der Waals surface area contributed by atoms with Crippen LogP contribution in [0.15, 0.2) is 36.7 Å². The first-order valence-electron chi connectivity index (χ1n) is 5.25. The summed E-state index contributed by atoms with van der Waals surface area (Å²) in [6.07, 6.45) is 3.02. The van der Waals surface area contributed by atoms with Crippen LogP contribution in [0.4, 0.5) is 10.1 Å². The first-order chi connectivity index (χ1) is 8.59. The van der Waals surface area contributed by atoms with Gasteiger partial charge in [-0.05, 0) is 18.2 Å². The van der Waals surface area contributed by atoms with Gasteiger partial charge in [-0.2, -0.15) is 0 Å². The second-order valence-electron chi connectivity index (χ2n) is 3.78. The van der Waals surface area contributed by atoms with Crippen molar-refractivity contribution in [1.29, 1.82) is 0 Å². The molecule has 0 aliphatic heterocycles. The summed E-state index contributed by atoms with van der Waals surface area (Å²) in [5.41, 5.74) is 6.70. The van der Waals surface area contributed by atoms with Gasteiger partial charge in [-0.1, -0.05) is 17.7 Å². The number of carbonyl (C=O) groups is 1. The first-order valence-corrected chi connectivity index (χ1v) is 5.63. The zero-order valence-electron chi connectivity index (χ0n) is 9.36. The summed E-state index contributed by atoms with van der Waals surface area (Å²) >= 11 is 5.63. The highest BCUT2D eigenvalue weighted by atomic mass is 35.5. The zero-order chi connectivity index (χ0) is 13.1. The number of carbonyl (C=O) groups excluding carboxylic acids is 1. The molecule has 0 unspecified atom stereocenters.